The molecule has 7 heterocycles. The van der Waals surface area contributed by atoms with Gasteiger partial charge >= 0.3 is 0 Å². The maximum absolute atomic E-state index is 14.4. The Morgan fingerprint density at radius 1 is 0.955 bits per heavy atom. The molecule has 1 aromatic carbocycles. The zero-order valence-corrected chi connectivity index (χ0v) is 39.2. The van der Waals surface area contributed by atoms with Crippen LogP contribution in [0, 0.1) is 23.7 Å². The van der Waals surface area contributed by atoms with Crippen LogP contribution in [0.3, 0.4) is 0 Å². The molecule has 3 saturated heterocycles. The fourth-order valence-electron chi connectivity index (χ4n) is 9.33. The molecule has 0 radical (unpaired) electrons. The molecule has 3 fully saturated rings. The van der Waals surface area contributed by atoms with Gasteiger partial charge in [0.2, 0.25) is 11.8 Å². The Labute approximate surface area is 390 Å². The molecule has 16 heteroatoms. The minimum absolute atomic E-state index is 0.0800. The van der Waals surface area contributed by atoms with Gasteiger partial charge in [-0.2, -0.15) is 5.26 Å². The zero-order chi connectivity index (χ0) is 46.6. The lowest BCUT2D eigenvalue weighted by atomic mass is 9.85. The third-order valence-corrected chi connectivity index (χ3v) is 14.0. The minimum Gasteiger partial charge on any atom is -0.350 e. The molecule has 8 rings (SSSR count). The number of nitriles is 1. The van der Waals surface area contributed by atoms with Crippen molar-refractivity contribution in [2.45, 2.75) is 110 Å². The van der Waals surface area contributed by atoms with E-state index in [0.29, 0.717) is 49.1 Å². The van der Waals surface area contributed by atoms with Crippen LogP contribution < -0.4 is 20.9 Å². The lowest BCUT2D eigenvalue weighted by molar-refractivity contribution is -0.142. The Morgan fingerprint density at radius 2 is 1.73 bits per heavy atom. The molecule has 0 unspecified atom stereocenters. The topological polar surface area (TPSA) is 155 Å². The van der Waals surface area contributed by atoms with Crippen LogP contribution in [0.1, 0.15) is 106 Å². The number of hydrogen-bond acceptors (Lipinski definition) is 12. The van der Waals surface area contributed by atoms with Crippen LogP contribution in [0.25, 0.3) is 10.4 Å². The second-order valence-electron chi connectivity index (χ2n) is 19.0. The summed E-state index contributed by atoms with van der Waals surface area (Å²) in [6.07, 6.45) is 4.45. The van der Waals surface area contributed by atoms with E-state index in [0.717, 1.165) is 71.0 Å². The van der Waals surface area contributed by atoms with Gasteiger partial charge in [0.25, 0.3) is 5.92 Å². The smallest absolute Gasteiger partial charge is 0.266 e. The monoisotopic (exact) mass is 915 g/mol. The van der Waals surface area contributed by atoms with E-state index >= 15 is 0 Å². The van der Waals surface area contributed by atoms with Gasteiger partial charge in [-0.05, 0) is 117 Å². The highest BCUT2D eigenvalue weighted by molar-refractivity contribution is 7.13. The van der Waals surface area contributed by atoms with E-state index in [1.807, 2.05) is 82.6 Å². The molecule has 5 aromatic rings. The van der Waals surface area contributed by atoms with Crippen LogP contribution in [-0.4, -0.2) is 92.3 Å². The van der Waals surface area contributed by atoms with Crippen molar-refractivity contribution in [3.63, 3.8) is 0 Å². The SMILES string of the molecule is Cc1ncsc1-c1ccc([C@H](C)NC(=O)[C@@H]2CCCN2C(=O)[C@@H](NCc2cccc(CN3CCC(c4cc(Nc5cc(C#N)ccn5)nc(N5CCC(F)(F)C5)c4)CC3)n2)C(C)(C)C)cc1. The summed E-state index contributed by atoms with van der Waals surface area (Å²) in [5, 5.41) is 19.3. The summed E-state index contributed by atoms with van der Waals surface area (Å²) in [6, 6.07) is 22.2. The van der Waals surface area contributed by atoms with E-state index in [1.165, 1.54) is 0 Å². The summed E-state index contributed by atoms with van der Waals surface area (Å²) in [6.45, 7) is 13.2. The van der Waals surface area contributed by atoms with E-state index in [1.54, 1.807) is 39.5 Å². The number of thiazole rings is 1. The van der Waals surface area contributed by atoms with Crippen molar-refractivity contribution >= 4 is 40.6 Å². The van der Waals surface area contributed by atoms with Crippen molar-refractivity contribution < 1.29 is 18.4 Å². The number of piperidine rings is 1. The highest BCUT2D eigenvalue weighted by atomic mass is 32.1. The molecule has 13 nitrogen and oxygen atoms in total. The second-order valence-corrected chi connectivity index (χ2v) is 19.9. The summed E-state index contributed by atoms with van der Waals surface area (Å²) in [7, 11) is 0. The summed E-state index contributed by atoms with van der Waals surface area (Å²) < 4.78 is 28.6. The van der Waals surface area contributed by atoms with E-state index in [-0.39, 0.29) is 43.3 Å². The Bertz CT molecular complexity index is 2550. The first-order valence-corrected chi connectivity index (χ1v) is 23.8. The number of amides is 2. The first-order valence-electron chi connectivity index (χ1n) is 22.9. The molecule has 0 spiro atoms. The number of rotatable bonds is 14. The van der Waals surface area contributed by atoms with Crippen LogP contribution in [0.15, 0.2) is 78.4 Å². The molecule has 0 saturated carbocycles. The molecule has 3 atom stereocenters. The normalized spacial score (nSPS) is 18.8. The van der Waals surface area contributed by atoms with E-state index in [2.05, 4.69) is 49.0 Å². The number of alkyl halides is 2. The Kier molecular flexibility index (Phi) is 14.1. The van der Waals surface area contributed by atoms with Gasteiger partial charge in [-0.3, -0.25) is 24.8 Å². The number of halogens is 2. The number of aromatic nitrogens is 4. The van der Waals surface area contributed by atoms with E-state index < -0.39 is 23.4 Å². The van der Waals surface area contributed by atoms with Gasteiger partial charge in [-0.15, -0.1) is 11.3 Å². The fourth-order valence-corrected chi connectivity index (χ4v) is 10.1. The summed E-state index contributed by atoms with van der Waals surface area (Å²) in [5.74, 6) is -1.31. The van der Waals surface area contributed by atoms with E-state index in [4.69, 9.17) is 9.97 Å². The van der Waals surface area contributed by atoms with Crippen molar-refractivity contribution in [2.75, 3.05) is 42.9 Å². The number of pyridine rings is 3. The zero-order valence-electron chi connectivity index (χ0n) is 38.4. The van der Waals surface area contributed by atoms with Gasteiger partial charge in [0, 0.05) is 38.8 Å². The lowest BCUT2D eigenvalue weighted by Gasteiger charge is -2.36. The first kappa shape index (κ1) is 46.6. The molecular formula is C50H59F2N11O2S. The molecule has 66 heavy (non-hydrogen) atoms. The van der Waals surface area contributed by atoms with Gasteiger partial charge in [-0.25, -0.2) is 23.7 Å². The van der Waals surface area contributed by atoms with Crippen LogP contribution >= 0.6 is 11.3 Å². The molecular weight excluding hydrogens is 857 g/mol. The van der Waals surface area contributed by atoms with Crippen LogP contribution in [0.2, 0.25) is 0 Å². The molecule has 2 amide bonds. The third-order valence-electron chi connectivity index (χ3n) is 13.0. The first-order chi connectivity index (χ1) is 31.6. The number of aryl methyl sites for hydroxylation is 1. The number of likely N-dealkylation sites (tertiary alicyclic amines) is 2. The Morgan fingerprint density at radius 3 is 2.42 bits per heavy atom. The Hall–Kier alpha value is -5.89. The van der Waals surface area contributed by atoms with Gasteiger partial charge in [0.1, 0.15) is 23.5 Å². The fraction of sp³-hybridized carbons (Fsp3) is 0.460. The lowest BCUT2D eigenvalue weighted by Crippen LogP contribution is -2.56. The maximum atomic E-state index is 14.4. The van der Waals surface area contributed by atoms with Gasteiger partial charge in [0.05, 0.1) is 57.7 Å². The van der Waals surface area contributed by atoms with Crippen molar-refractivity contribution in [3.05, 3.63) is 112 Å². The number of nitrogens with zero attached hydrogens (tertiary/aromatic N) is 8. The maximum Gasteiger partial charge on any atom is 0.266 e. The highest BCUT2D eigenvalue weighted by Gasteiger charge is 2.42. The average molecular weight is 916 g/mol. The van der Waals surface area contributed by atoms with Crippen molar-refractivity contribution in [1.82, 2.24) is 40.4 Å². The van der Waals surface area contributed by atoms with Crippen LogP contribution in [-0.2, 0) is 22.7 Å². The third kappa shape index (κ3) is 11.2. The second kappa shape index (κ2) is 19.9. The van der Waals surface area contributed by atoms with Crippen molar-refractivity contribution in [2.24, 2.45) is 5.41 Å². The highest BCUT2D eigenvalue weighted by Crippen LogP contribution is 2.36. The molecule has 3 aliphatic rings. The predicted octanol–water partition coefficient (Wildman–Crippen LogP) is 8.52. The number of hydrogen-bond donors (Lipinski definition) is 3. The van der Waals surface area contributed by atoms with Gasteiger partial charge in [0.15, 0.2) is 0 Å². The molecule has 346 valence electrons. The number of nitrogens with one attached hydrogen (secondary N) is 3. The minimum atomic E-state index is -2.76. The molecule has 0 aliphatic carbocycles. The predicted molar refractivity (Wildman–Crippen MR) is 253 cm³/mol. The van der Waals surface area contributed by atoms with Crippen molar-refractivity contribution in [1.29, 1.82) is 5.26 Å². The van der Waals surface area contributed by atoms with E-state index in [9.17, 15) is 23.6 Å². The average Bonchev–Trinajstić information content (AvgIpc) is 4.06. The number of benzene rings is 1. The van der Waals surface area contributed by atoms with Crippen LogP contribution in [0.5, 0.6) is 0 Å². The van der Waals surface area contributed by atoms with Gasteiger partial charge < -0.3 is 20.4 Å². The Balaban J connectivity index is 0.867. The standard InChI is InChI=1S/C50H59F2N11O2S/c1-32(35-11-13-37(14-12-35)45-33(2)56-31-66-45)57-47(64)41-10-7-20-63(41)48(65)46(49(3,4)5)55-28-39-8-6-9-40(58-39)29-61-21-16-36(17-22-61)38-25-43(59-42-24-34(27-53)15-19-54-42)60-44(26-38)62-23-18-50(51,52)30-62/h6,8-9,11-15,19,24-26,31-32,36,41,46,55H,7,10,16-18,20-23,28-30H2,1-5H3,(H,57,64)(H,54,59,60)/t32-,41-,46+/m0/s1. The number of anilines is 3. The van der Waals surface area contributed by atoms with Gasteiger partial charge in [-0.1, -0.05) is 51.1 Å². The summed E-state index contributed by atoms with van der Waals surface area (Å²) >= 11 is 1.61. The van der Waals surface area contributed by atoms with Crippen LogP contribution in [0.4, 0.5) is 26.2 Å². The summed E-state index contributed by atoms with van der Waals surface area (Å²) in [4.78, 5) is 53.5. The molecule has 3 aliphatic heterocycles. The summed E-state index contributed by atoms with van der Waals surface area (Å²) in [5.41, 5.74) is 7.76. The molecule has 0 bridgehead atoms. The van der Waals surface area contributed by atoms with Crippen molar-refractivity contribution in [3.8, 4) is 16.5 Å². The largest absolute Gasteiger partial charge is 0.350 e. The quantitative estimate of drug-likeness (QED) is 0.0982. The molecule has 3 N–H and O–H groups in total. The number of carbonyl (C=O) groups excluding carboxylic acids is 2. The molecule has 4 aromatic heterocycles. The number of carbonyl (C=O) groups is 2.